The highest BCUT2D eigenvalue weighted by Gasteiger charge is 2.31. The lowest BCUT2D eigenvalue weighted by Crippen LogP contribution is -2.31. The van der Waals surface area contributed by atoms with Crippen LogP contribution in [0.1, 0.15) is 40.5 Å². The highest BCUT2D eigenvalue weighted by atomic mass is 35.5. The van der Waals surface area contributed by atoms with Gasteiger partial charge in [0.2, 0.25) is 0 Å². The number of carbonyl (C=O) groups excluding carboxylic acids is 1. The second-order valence-corrected chi connectivity index (χ2v) is 5.72. The predicted octanol–water partition coefficient (Wildman–Crippen LogP) is 3.69. The first-order valence-corrected chi connectivity index (χ1v) is 7.56. The van der Waals surface area contributed by atoms with Crippen molar-refractivity contribution in [1.82, 2.24) is 9.88 Å². The maximum absolute atomic E-state index is 12.7. The molecule has 1 saturated heterocycles. The number of nitrogens with zero attached hydrogens (tertiary/aromatic N) is 2. The van der Waals surface area contributed by atoms with Gasteiger partial charge in [0.25, 0.3) is 5.91 Å². The van der Waals surface area contributed by atoms with Gasteiger partial charge in [0.05, 0.1) is 6.04 Å². The molecule has 2 aromatic rings. The third-order valence-corrected chi connectivity index (χ3v) is 4.15. The number of carbonyl (C=O) groups is 1. The number of amides is 1. The summed E-state index contributed by atoms with van der Waals surface area (Å²) in [5.41, 5.74) is 2.34. The molecule has 2 heterocycles. The van der Waals surface area contributed by atoms with Crippen molar-refractivity contribution in [1.29, 1.82) is 0 Å². The minimum absolute atomic E-state index is 0.0695. The van der Waals surface area contributed by atoms with E-state index in [1.807, 2.05) is 29.2 Å². The lowest BCUT2D eigenvalue weighted by Gasteiger charge is -2.25. The summed E-state index contributed by atoms with van der Waals surface area (Å²) in [5.74, 6) is 2.53. The summed E-state index contributed by atoms with van der Waals surface area (Å²) < 4.78 is 0. The molecule has 3 rings (SSSR count). The standard InChI is InChI=1S/C18H15ClN2O/c1-2-13-5-7-14(8-6-13)17-4-3-11-21(17)18(22)16-12-15(19)9-10-20-16/h1,5-10,12,17H,3-4,11H2. The van der Waals surface area contributed by atoms with Gasteiger partial charge in [-0.2, -0.15) is 0 Å². The molecule has 1 amide bonds. The van der Waals surface area contributed by atoms with Crippen molar-refractivity contribution in [3.8, 4) is 12.3 Å². The van der Waals surface area contributed by atoms with Crippen LogP contribution in [0.5, 0.6) is 0 Å². The van der Waals surface area contributed by atoms with E-state index in [2.05, 4.69) is 10.9 Å². The van der Waals surface area contributed by atoms with Gasteiger partial charge in [-0.15, -0.1) is 6.42 Å². The lowest BCUT2D eigenvalue weighted by molar-refractivity contribution is 0.0729. The largest absolute Gasteiger partial charge is 0.330 e. The summed E-state index contributed by atoms with van der Waals surface area (Å²) in [5, 5.41) is 0.521. The van der Waals surface area contributed by atoms with Crippen LogP contribution in [-0.4, -0.2) is 22.3 Å². The molecule has 0 radical (unpaired) electrons. The van der Waals surface area contributed by atoms with Crippen LogP contribution in [0.15, 0.2) is 42.6 Å². The van der Waals surface area contributed by atoms with E-state index in [1.165, 1.54) is 0 Å². The molecule has 1 aliphatic heterocycles. The Morgan fingerprint density at radius 3 is 2.77 bits per heavy atom. The Morgan fingerprint density at radius 1 is 1.32 bits per heavy atom. The summed E-state index contributed by atoms with van der Waals surface area (Å²) in [4.78, 5) is 18.7. The molecule has 22 heavy (non-hydrogen) atoms. The zero-order valence-corrected chi connectivity index (χ0v) is 12.8. The molecular weight excluding hydrogens is 296 g/mol. The number of aromatic nitrogens is 1. The SMILES string of the molecule is C#Cc1ccc(C2CCCN2C(=O)c2cc(Cl)ccn2)cc1. The van der Waals surface area contributed by atoms with Crippen molar-refractivity contribution in [3.63, 3.8) is 0 Å². The first kappa shape index (κ1) is 14.6. The van der Waals surface area contributed by atoms with E-state index in [0.29, 0.717) is 10.7 Å². The predicted molar refractivity (Wildman–Crippen MR) is 86.6 cm³/mol. The van der Waals surface area contributed by atoms with Crippen LogP contribution in [0.25, 0.3) is 0 Å². The monoisotopic (exact) mass is 310 g/mol. The van der Waals surface area contributed by atoms with Crippen LogP contribution in [0, 0.1) is 12.3 Å². The molecule has 0 aliphatic carbocycles. The zero-order valence-electron chi connectivity index (χ0n) is 12.0. The van der Waals surface area contributed by atoms with Gasteiger partial charge < -0.3 is 4.90 Å². The molecule has 1 fully saturated rings. The summed E-state index contributed by atoms with van der Waals surface area (Å²) in [6.45, 7) is 0.731. The Hall–Kier alpha value is -2.31. The number of rotatable bonds is 2. The second-order valence-electron chi connectivity index (χ2n) is 5.28. The molecule has 0 saturated carbocycles. The third kappa shape index (κ3) is 2.84. The van der Waals surface area contributed by atoms with Gasteiger partial charge >= 0.3 is 0 Å². The molecule has 1 atom stereocenters. The molecule has 1 aromatic heterocycles. The van der Waals surface area contributed by atoms with Gasteiger partial charge in [0.15, 0.2) is 0 Å². The molecule has 110 valence electrons. The van der Waals surface area contributed by atoms with Gasteiger partial charge in [0.1, 0.15) is 5.69 Å². The highest BCUT2D eigenvalue weighted by Crippen LogP contribution is 2.33. The van der Waals surface area contributed by atoms with Crippen LogP contribution in [0.2, 0.25) is 5.02 Å². The fourth-order valence-electron chi connectivity index (χ4n) is 2.83. The molecule has 0 bridgehead atoms. The van der Waals surface area contributed by atoms with E-state index < -0.39 is 0 Å². The van der Waals surface area contributed by atoms with E-state index >= 15 is 0 Å². The van der Waals surface area contributed by atoms with Crippen LogP contribution >= 0.6 is 11.6 Å². The number of pyridine rings is 1. The lowest BCUT2D eigenvalue weighted by atomic mass is 10.0. The topological polar surface area (TPSA) is 33.2 Å². The fraction of sp³-hybridized carbons (Fsp3) is 0.222. The number of hydrogen-bond acceptors (Lipinski definition) is 2. The maximum Gasteiger partial charge on any atom is 0.273 e. The molecule has 0 spiro atoms. The number of hydrogen-bond donors (Lipinski definition) is 0. The van der Waals surface area contributed by atoms with Crippen molar-refractivity contribution in [2.24, 2.45) is 0 Å². The second kappa shape index (κ2) is 6.21. The van der Waals surface area contributed by atoms with Crippen LogP contribution in [-0.2, 0) is 0 Å². The molecule has 0 N–H and O–H groups in total. The minimum atomic E-state index is -0.0778. The van der Waals surface area contributed by atoms with Crippen LogP contribution < -0.4 is 0 Å². The van der Waals surface area contributed by atoms with E-state index in [1.54, 1.807) is 18.3 Å². The Bertz CT molecular complexity index is 733. The van der Waals surface area contributed by atoms with Gasteiger partial charge in [-0.1, -0.05) is 29.7 Å². The first-order chi connectivity index (χ1) is 10.7. The van der Waals surface area contributed by atoms with E-state index in [4.69, 9.17) is 18.0 Å². The summed E-state index contributed by atoms with van der Waals surface area (Å²) >= 11 is 5.95. The molecule has 1 aromatic carbocycles. The smallest absolute Gasteiger partial charge is 0.273 e. The first-order valence-electron chi connectivity index (χ1n) is 7.18. The van der Waals surface area contributed by atoms with Crippen molar-refractivity contribution in [2.75, 3.05) is 6.54 Å². The summed E-state index contributed by atoms with van der Waals surface area (Å²) in [6.07, 6.45) is 8.87. The molecular formula is C18H15ClN2O. The number of likely N-dealkylation sites (tertiary alicyclic amines) is 1. The number of benzene rings is 1. The van der Waals surface area contributed by atoms with E-state index in [9.17, 15) is 4.79 Å². The fourth-order valence-corrected chi connectivity index (χ4v) is 2.99. The highest BCUT2D eigenvalue weighted by molar-refractivity contribution is 6.30. The molecule has 1 unspecified atom stereocenters. The van der Waals surface area contributed by atoms with Gasteiger partial charge in [-0.25, -0.2) is 0 Å². The molecule has 1 aliphatic rings. The van der Waals surface area contributed by atoms with Gasteiger partial charge in [-0.05, 0) is 42.7 Å². The number of terminal acetylenes is 1. The summed E-state index contributed by atoms with van der Waals surface area (Å²) in [7, 11) is 0. The average Bonchev–Trinajstić information content (AvgIpc) is 3.04. The Balaban J connectivity index is 1.86. The molecule has 3 nitrogen and oxygen atoms in total. The van der Waals surface area contributed by atoms with Crippen LogP contribution in [0.4, 0.5) is 0 Å². The molecule has 4 heteroatoms. The van der Waals surface area contributed by atoms with Crippen molar-refractivity contribution < 1.29 is 4.79 Å². The maximum atomic E-state index is 12.7. The third-order valence-electron chi connectivity index (χ3n) is 3.92. The Morgan fingerprint density at radius 2 is 2.09 bits per heavy atom. The minimum Gasteiger partial charge on any atom is -0.330 e. The van der Waals surface area contributed by atoms with Crippen LogP contribution in [0.3, 0.4) is 0 Å². The van der Waals surface area contributed by atoms with Crippen molar-refractivity contribution >= 4 is 17.5 Å². The van der Waals surface area contributed by atoms with Gasteiger partial charge in [-0.3, -0.25) is 9.78 Å². The Kier molecular flexibility index (Phi) is 4.13. The van der Waals surface area contributed by atoms with E-state index in [-0.39, 0.29) is 11.9 Å². The Labute approximate surface area is 134 Å². The van der Waals surface area contributed by atoms with Gasteiger partial charge in [0, 0.05) is 23.3 Å². The quantitative estimate of drug-likeness (QED) is 0.793. The van der Waals surface area contributed by atoms with Crippen molar-refractivity contribution in [3.05, 3.63) is 64.4 Å². The van der Waals surface area contributed by atoms with Crippen molar-refractivity contribution in [2.45, 2.75) is 18.9 Å². The average molecular weight is 311 g/mol. The summed E-state index contributed by atoms with van der Waals surface area (Å²) in [6, 6.07) is 11.2. The van der Waals surface area contributed by atoms with E-state index in [0.717, 1.165) is 30.5 Å². The number of halogens is 1. The normalized spacial score (nSPS) is 17.3. The zero-order chi connectivity index (χ0) is 15.5.